The molecule has 2 heterocycles. The van der Waals surface area contributed by atoms with Crippen LogP contribution in [0.15, 0.2) is 16.7 Å². The fourth-order valence-electron chi connectivity index (χ4n) is 2.88. The summed E-state index contributed by atoms with van der Waals surface area (Å²) >= 11 is 0. The molecule has 0 unspecified atom stereocenters. The van der Waals surface area contributed by atoms with Gasteiger partial charge in [0.15, 0.2) is 0 Å². The van der Waals surface area contributed by atoms with Gasteiger partial charge in [-0.2, -0.15) is 0 Å². The van der Waals surface area contributed by atoms with Crippen LogP contribution in [0.3, 0.4) is 0 Å². The van der Waals surface area contributed by atoms with Gasteiger partial charge in [-0.3, -0.25) is 4.90 Å². The van der Waals surface area contributed by atoms with Crippen LogP contribution in [0.1, 0.15) is 42.3 Å². The summed E-state index contributed by atoms with van der Waals surface area (Å²) in [6, 6.07) is 2.34. The topological polar surface area (TPSA) is 51.9 Å². The van der Waals surface area contributed by atoms with E-state index in [1.807, 2.05) is 6.92 Å². The smallest absolute Gasteiger partial charge is 0.341 e. The highest BCUT2D eigenvalue weighted by Gasteiger charge is 2.33. The average Bonchev–Trinajstić information content (AvgIpc) is 2.99. The SMILES string of the molecule is CCOC(=O)c1ccoc1CN(C[C@@H]1CCOC1)C1CC1. The van der Waals surface area contributed by atoms with Crippen LogP contribution in [0.4, 0.5) is 0 Å². The number of carbonyl (C=O) groups excluding carboxylic acids is 1. The number of esters is 1. The van der Waals surface area contributed by atoms with Crippen molar-refractivity contribution in [2.45, 2.75) is 38.8 Å². The number of ether oxygens (including phenoxy) is 2. The minimum Gasteiger partial charge on any atom is -0.467 e. The summed E-state index contributed by atoms with van der Waals surface area (Å²) in [4.78, 5) is 14.3. The van der Waals surface area contributed by atoms with Crippen LogP contribution in [-0.4, -0.2) is 43.3 Å². The van der Waals surface area contributed by atoms with Gasteiger partial charge in [0.2, 0.25) is 0 Å². The number of rotatable bonds is 7. The molecule has 5 heteroatoms. The molecule has 3 rings (SSSR count). The molecule has 2 aliphatic rings. The van der Waals surface area contributed by atoms with Crippen molar-refractivity contribution >= 4 is 5.97 Å². The lowest BCUT2D eigenvalue weighted by molar-refractivity contribution is 0.0521. The summed E-state index contributed by atoms with van der Waals surface area (Å²) < 4.78 is 16.1. The fraction of sp³-hybridized carbons (Fsp3) is 0.688. The Bertz CT molecular complexity index is 474. The fourth-order valence-corrected chi connectivity index (χ4v) is 2.88. The monoisotopic (exact) mass is 293 g/mol. The highest BCUT2D eigenvalue weighted by molar-refractivity contribution is 5.90. The lowest BCUT2D eigenvalue weighted by Crippen LogP contribution is -2.31. The lowest BCUT2D eigenvalue weighted by Gasteiger charge is -2.24. The minimum absolute atomic E-state index is 0.291. The molecule has 1 atom stereocenters. The summed E-state index contributed by atoms with van der Waals surface area (Å²) in [6.45, 7) is 5.63. The molecule has 1 saturated carbocycles. The van der Waals surface area contributed by atoms with Crippen molar-refractivity contribution in [2.75, 3.05) is 26.4 Å². The van der Waals surface area contributed by atoms with Gasteiger partial charge in [0, 0.05) is 19.2 Å². The maximum absolute atomic E-state index is 11.9. The molecule has 1 aliphatic heterocycles. The van der Waals surface area contributed by atoms with Gasteiger partial charge in [-0.05, 0) is 38.2 Å². The summed E-state index contributed by atoms with van der Waals surface area (Å²) in [5.74, 6) is 1.03. The van der Waals surface area contributed by atoms with E-state index < -0.39 is 0 Å². The van der Waals surface area contributed by atoms with Crippen LogP contribution in [0.2, 0.25) is 0 Å². The highest BCUT2D eigenvalue weighted by atomic mass is 16.5. The molecule has 5 nitrogen and oxygen atoms in total. The number of furan rings is 1. The molecule has 0 aromatic carbocycles. The molecule has 0 bridgehead atoms. The lowest BCUT2D eigenvalue weighted by atomic mass is 10.1. The van der Waals surface area contributed by atoms with E-state index in [4.69, 9.17) is 13.9 Å². The standard InChI is InChI=1S/C16H23NO4/c1-2-20-16(18)14-6-8-21-15(14)10-17(13-3-4-13)9-12-5-7-19-11-12/h6,8,12-13H,2-5,7,9-11H2,1H3/t12-/m0/s1. The number of hydrogen-bond donors (Lipinski definition) is 0. The van der Waals surface area contributed by atoms with Gasteiger partial charge in [-0.25, -0.2) is 4.79 Å². The molecular weight excluding hydrogens is 270 g/mol. The van der Waals surface area contributed by atoms with E-state index in [0.29, 0.717) is 30.7 Å². The van der Waals surface area contributed by atoms with E-state index in [9.17, 15) is 4.79 Å². The molecule has 0 spiro atoms. The Hall–Kier alpha value is -1.33. The predicted octanol–water partition coefficient (Wildman–Crippen LogP) is 2.46. The normalized spacial score (nSPS) is 21.9. The maximum Gasteiger partial charge on any atom is 0.341 e. The summed E-state index contributed by atoms with van der Waals surface area (Å²) in [6.07, 6.45) is 5.18. The second-order valence-corrected chi connectivity index (χ2v) is 5.87. The van der Waals surface area contributed by atoms with Crippen molar-refractivity contribution < 1.29 is 18.7 Å². The van der Waals surface area contributed by atoms with E-state index in [1.54, 1.807) is 12.3 Å². The summed E-state index contributed by atoms with van der Waals surface area (Å²) in [5.41, 5.74) is 0.560. The number of carbonyl (C=O) groups is 1. The van der Waals surface area contributed by atoms with E-state index in [0.717, 1.165) is 31.9 Å². The molecule has 0 amide bonds. The van der Waals surface area contributed by atoms with E-state index in [1.165, 1.54) is 12.8 Å². The zero-order valence-electron chi connectivity index (χ0n) is 12.5. The second kappa shape index (κ2) is 6.62. The van der Waals surface area contributed by atoms with Crippen LogP contribution in [0, 0.1) is 5.92 Å². The maximum atomic E-state index is 11.9. The Balaban J connectivity index is 1.65. The van der Waals surface area contributed by atoms with Crippen molar-refractivity contribution in [1.29, 1.82) is 0 Å². The van der Waals surface area contributed by atoms with Crippen molar-refractivity contribution in [3.8, 4) is 0 Å². The van der Waals surface area contributed by atoms with Gasteiger partial charge < -0.3 is 13.9 Å². The molecule has 0 N–H and O–H groups in total. The third-order valence-electron chi connectivity index (χ3n) is 4.17. The molecule has 1 aliphatic carbocycles. The zero-order chi connectivity index (χ0) is 14.7. The predicted molar refractivity (Wildman–Crippen MR) is 77.0 cm³/mol. The summed E-state index contributed by atoms with van der Waals surface area (Å²) in [7, 11) is 0. The zero-order valence-corrected chi connectivity index (χ0v) is 12.5. The first-order valence-corrected chi connectivity index (χ1v) is 7.83. The third kappa shape index (κ3) is 3.66. The molecule has 1 saturated heterocycles. The van der Waals surface area contributed by atoms with Crippen molar-refractivity contribution in [3.63, 3.8) is 0 Å². The molecule has 0 radical (unpaired) electrons. The Morgan fingerprint density at radius 3 is 2.95 bits per heavy atom. The first-order valence-electron chi connectivity index (χ1n) is 7.83. The van der Waals surface area contributed by atoms with Gasteiger partial charge in [0.1, 0.15) is 11.3 Å². The van der Waals surface area contributed by atoms with Crippen LogP contribution in [0.5, 0.6) is 0 Å². The Morgan fingerprint density at radius 2 is 2.29 bits per heavy atom. The molecular formula is C16H23NO4. The molecule has 2 fully saturated rings. The molecule has 116 valence electrons. The van der Waals surface area contributed by atoms with Gasteiger partial charge >= 0.3 is 5.97 Å². The van der Waals surface area contributed by atoms with Crippen LogP contribution >= 0.6 is 0 Å². The average molecular weight is 293 g/mol. The van der Waals surface area contributed by atoms with Gasteiger partial charge in [0.05, 0.1) is 26.0 Å². The second-order valence-electron chi connectivity index (χ2n) is 5.87. The first-order chi connectivity index (χ1) is 10.3. The van der Waals surface area contributed by atoms with E-state index in [-0.39, 0.29) is 5.97 Å². The van der Waals surface area contributed by atoms with Crippen molar-refractivity contribution in [2.24, 2.45) is 5.92 Å². The third-order valence-corrected chi connectivity index (χ3v) is 4.17. The van der Waals surface area contributed by atoms with E-state index >= 15 is 0 Å². The van der Waals surface area contributed by atoms with Crippen molar-refractivity contribution in [1.82, 2.24) is 4.90 Å². The molecule has 1 aromatic rings. The van der Waals surface area contributed by atoms with Crippen LogP contribution in [0.25, 0.3) is 0 Å². The molecule has 1 aromatic heterocycles. The minimum atomic E-state index is -0.291. The quantitative estimate of drug-likeness (QED) is 0.723. The Kier molecular flexibility index (Phi) is 4.60. The largest absolute Gasteiger partial charge is 0.467 e. The summed E-state index contributed by atoms with van der Waals surface area (Å²) in [5, 5.41) is 0. The van der Waals surface area contributed by atoms with Gasteiger partial charge in [-0.15, -0.1) is 0 Å². The first kappa shape index (κ1) is 14.6. The van der Waals surface area contributed by atoms with Crippen LogP contribution in [-0.2, 0) is 16.0 Å². The van der Waals surface area contributed by atoms with Crippen LogP contribution < -0.4 is 0 Å². The van der Waals surface area contributed by atoms with Gasteiger partial charge in [0.25, 0.3) is 0 Å². The Labute approximate surface area is 125 Å². The van der Waals surface area contributed by atoms with Gasteiger partial charge in [-0.1, -0.05) is 0 Å². The number of hydrogen-bond acceptors (Lipinski definition) is 5. The molecule has 21 heavy (non-hydrogen) atoms. The van der Waals surface area contributed by atoms with E-state index in [2.05, 4.69) is 4.90 Å². The Morgan fingerprint density at radius 1 is 1.43 bits per heavy atom. The van der Waals surface area contributed by atoms with Crippen molar-refractivity contribution in [3.05, 3.63) is 23.7 Å². The number of nitrogens with zero attached hydrogens (tertiary/aromatic N) is 1. The highest BCUT2D eigenvalue weighted by Crippen LogP contribution is 2.31.